The average Bonchev–Trinajstić information content (AvgIpc) is 3.21. The van der Waals surface area contributed by atoms with Gasteiger partial charge < -0.3 is 4.90 Å². The molecule has 6 aromatic rings. The van der Waals surface area contributed by atoms with Crippen LogP contribution in [0, 0.1) is 23.7 Å². The molecule has 0 unspecified atom stereocenters. The molecule has 12 rings (SSSR count). The van der Waals surface area contributed by atoms with Crippen molar-refractivity contribution in [3.63, 3.8) is 0 Å². The van der Waals surface area contributed by atoms with Crippen LogP contribution in [0.1, 0.15) is 94.9 Å². The molecule has 0 amide bonds. The summed E-state index contributed by atoms with van der Waals surface area (Å²) < 4.78 is 0. The second kappa shape index (κ2) is 12.7. The summed E-state index contributed by atoms with van der Waals surface area (Å²) in [6.07, 6.45) is 9.40. The van der Waals surface area contributed by atoms with E-state index in [1.54, 1.807) is 11.1 Å². The zero-order chi connectivity index (χ0) is 37.8. The summed E-state index contributed by atoms with van der Waals surface area (Å²) in [6.45, 7) is 9.85. The third kappa shape index (κ3) is 5.27. The molecule has 0 radical (unpaired) electrons. The number of rotatable bonds is 5. The maximum atomic E-state index is 2.61. The van der Waals surface area contributed by atoms with Gasteiger partial charge in [0.15, 0.2) is 0 Å². The Morgan fingerprint density at radius 3 is 1.66 bits per heavy atom. The predicted octanol–water partition coefficient (Wildman–Crippen LogP) is 15.0. The van der Waals surface area contributed by atoms with Crippen molar-refractivity contribution in [2.75, 3.05) is 4.90 Å². The summed E-state index contributed by atoms with van der Waals surface area (Å²) in [5.74, 6) is 3.27. The first kappa shape index (κ1) is 34.7. The van der Waals surface area contributed by atoms with E-state index < -0.39 is 0 Å². The van der Waals surface area contributed by atoms with Gasteiger partial charge in [-0.1, -0.05) is 143 Å². The number of fused-ring (bicyclic) bond motifs is 3. The number of anilines is 3. The molecular weight excluding hydrogens is 695 g/mol. The Hall–Kier alpha value is -4.53. The van der Waals surface area contributed by atoms with E-state index in [2.05, 4.69) is 172 Å². The fraction of sp³-hybridized carbons (Fsp3) is 0.333. The molecule has 5 aliphatic carbocycles. The largest absolute Gasteiger partial charge is 0.310 e. The molecule has 6 aromatic carbocycles. The van der Waals surface area contributed by atoms with Crippen LogP contribution in [0.5, 0.6) is 0 Å². The molecule has 6 aliphatic rings. The van der Waals surface area contributed by atoms with Crippen LogP contribution < -0.4 is 4.90 Å². The molecule has 280 valence electrons. The van der Waals surface area contributed by atoms with Crippen molar-refractivity contribution in [1.82, 2.24) is 0 Å². The Bertz CT molecular complexity index is 2430. The Balaban J connectivity index is 1.11. The van der Waals surface area contributed by atoms with Gasteiger partial charge in [0.1, 0.15) is 0 Å². The van der Waals surface area contributed by atoms with E-state index in [0.717, 1.165) is 23.7 Å². The van der Waals surface area contributed by atoms with E-state index in [0.29, 0.717) is 0 Å². The first-order chi connectivity index (χ1) is 27.2. The van der Waals surface area contributed by atoms with Crippen LogP contribution in [-0.2, 0) is 16.2 Å². The molecule has 1 heterocycles. The van der Waals surface area contributed by atoms with Crippen LogP contribution >= 0.6 is 11.8 Å². The van der Waals surface area contributed by atoms with Gasteiger partial charge in [0.05, 0.1) is 5.69 Å². The maximum absolute atomic E-state index is 2.61. The van der Waals surface area contributed by atoms with Gasteiger partial charge in [-0.2, -0.15) is 0 Å². The molecule has 2 heteroatoms. The standard InChI is InChI=1S/C54H53NS/c1-52(2)26-27-53(3,4)51-47(52)16-11-17-48(51)55(43-21-18-39(19-22-43)37-12-7-5-8-13-37)44-23-25-46-50(34-44)56-49-33-40(38-14-9-6-10-15-38)20-24-45(49)54(46)41-29-35-28-36(31-41)32-42(54)30-35/h5-25,33-36,41-42H,26-32H2,1-4H3. The molecule has 1 nitrogen and oxygen atoms in total. The molecule has 0 N–H and O–H groups in total. The highest BCUT2D eigenvalue weighted by Gasteiger charge is 2.60. The highest BCUT2D eigenvalue weighted by Crippen LogP contribution is 2.69. The van der Waals surface area contributed by atoms with Crippen molar-refractivity contribution in [2.45, 2.75) is 98.7 Å². The van der Waals surface area contributed by atoms with Gasteiger partial charge >= 0.3 is 0 Å². The van der Waals surface area contributed by atoms with Crippen molar-refractivity contribution in [3.05, 3.63) is 162 Å². The molecule has 56 heavy (non-hydrogen) atoms. The normalized spacial score (nSPS) is 26.0. The van der Waals surface area contributed by atoms with Crippen LogP contribution in [0.3, 0.4) is 0 Å². The van der Waals surface area contributed by atoms with Crippen LogP contribution in [0.25, 0.3) is 22.3 Å². The fourth-order valence-corrected chi connectivity index (χ4v) is 13.9. The molecule has 1 spiro atoms. The van der Waals surface area contributed by atoms with Gasteiger partial charge in [0.2, 0.25) is 0 Å². The van der Waals surface area contributed by atoms with Crippen molar-refractivity contribution in [2.24, 2.45) is 23.7 Å². The van der Waals surface area contributed by atoms with Crippen LogP contribution in [0.15, 0.2) is 149 Å². The number of benzene rings is 6. The minimum atomic E-state index is 0.0594. The van der Waals surface area contributed by atoms with Crippen molar-refractivity contribution in [1.29, 1.82) is 0 Å². The van der Waals surface area contributed by atoms with E-state index in [9.17, 15) is 0 Å². The maximum Gasteiger partial charge on any atom is 0.0502 e. The van der Waals surface area contributed by atoms with Crippen LogP contribution in [0.4, 0.5) is 17.1 Å². The first-order valence-electron chi connectivity index (χ1n) is 21.3. The second-order valence-electron chi connectivity index (χ2n) is 19.2. The molecular formula is C54H53NS. The molecule has 0 atom stereocenters. The molecule has 1 aliphatic heterocycles. The first-order valence-corrected chi connectivity index (χ1v) is 22.1. The highest BCUT2D eigenvalue weighted by atomic mass is 32.2. The topological polar surface area (TPSA) is 3.24 Å². The zero-order valence-corrected chi connectivity index (χ0v) is 34.2. The number of nitrogens with zero attached hydrogens (tertiary/aromatic N) is 1. The fourth-order valence-electron chi connectivity index (χ4n) is 12.7. The van der Waals surface area contributed by atoms with Crippen molar-refractivity contribution in [3.8, 4) is 22.3 Å². The van der Waals surface area contributed by atoms with E-state index in [1.807, 2.05) is 11.8 Å². The Morgan fingerprint density at radius 1 is 0.464 bits per heavy atom. The van der Waals surface area contributed by atoms with Gasteiger partial charge in [-0.3, -0.25) is 0 Å². The Morgan fingerprint density at radius 2 is 1.00 bits per heavy atom. The lowest BCUT2D eigenvalue weighted by Crippen LogP contribution is -2.57. The second-order valence-corrected chi connectivity index (χ2v) is 20.3. The van der Waals surface area contributed by atoms with Gasteiger partial charge in [0.25, 0.3) is 0 Å². The molecule has 0 aromatic heterocycles. The Kier molecular flexibility index (Phi) is 7.89. The van der Waals surface area contributed by atoms with Gasteiger partial charge in [0, 0.05) is 26.6 Å². The van der Waals surface area contributed by atoms with E-state index in [-0.39, 0.29) is 16.2 Å². The summed E-state index contributed by atoms with van der Waals surface area (Å²) in [5.41, 5.74) is 15.5. The van der Waals surface area contributed by atoms with E-state index in [1.165, 1.54) is 105 Å². The third-order valence-electron chi connectivity index (χ3n) is 15.1. The summed E-state index contributed by atoms with van der Waals surface area (Å²) in [4.78, 5) is 5.54. The van der Waals surface area contributed by atoms with E-state index >= 15 is 0 Å². The van der Waals surface area contributed by atoms with Crippen LogP contribution in [0.2, 0.25) is 0 Å². The summed E-state index contributed by atoms with van der Waals surface area (Å²) in [7, 11) is 0. The SMILES string of the molecule is CC1(C)CCC(C)(C)c2c(N(c3ccc(-c4ccccc4)cc3)c3ccc4c(c3)Sc3cc(-c5ccccc5)ccc3C43C4CC5CC(C4)CC3C5)cccc21. The summed E-state index contributed by atoms with van der Waals surface area (Å²) in [5, 5.41) is 0. The minimum absolute atomic E-state index is 0.0594. The van der Waals surface area contributed by atoms with Gasteiger partial charge in [-0.25, -0.2) is 0 Å². The predicted molar refractivity (Wildman–Crippen MR) is 236 cm³/mol. The quantitative estimate of drug-likeness (QED) is 0.173. The number of hydrogen-bond acceptors (Lipinski definition) is 2. The summed E-state index contributed by atoms with van der Waals surface area (Å²) in [6, 6.07) is 53.5. The molecule has 4 bridgehead atoms. The Labute approximate surface area is 338 Å². The minimum Gasteiger partial charge on any atom is -0.310 e. The zero-order valence-electron chi connectivity index (χ0n) is 33.4. The monoisotopic (exact) mass is 747 g/mol. The lowest BCUT2D eigenvalue weighted by Gasteiger charge is -2.63. The lowest BCUT2D eigenvalue weighted by molar-refractivity contribution is -0.0443. The molecule has 4 saturated carbocycles. The van der Waals surface area contributed by atoms with Gasteiger partial charge in [-0.15, -0.1) is 0 Å². The lowest BCUT2D eigenvalue weighted by atomic mass is 9.42. The average molecular weight is 748 g/mol. The third-order valence-corrected chi connectivity index (χ3v) is 16.3. The number of hydrogen-bond donors (Lipinski definition) is 0. The smallest absolute Gasteiger partial charge is 0.0502 e. The van der Waals surface area contributed by atoms with Gasteiger partial charge in [-0.05, 0) is 160 Å². The highest BCUT2D eigenvalue weighted by molar-refractivity contribution is 7.99. The van der Waals surface area contributed by atoms with Crippen LogP contribution in [-0.4, -0.2) is 0 Å². The summed E-state index contributed by atoms with van der Waals surface area (Å²) >= 11 is 2.03. The van der Waals surface area contributed by atoms with Crippen molar-refractivity contribution < 1.29 is 0 Å². The van der Waals surface area contributed by atoms with E-state index in [4.69, 9.17) is 0 Å². The molecule has 0 saturated heterocycles. The molecule has 4 fully saturated rings. The van der Waals surface area contributed by atoms with Crippen molar-refractivity contribution >= 4 is 28.8 Å².